The van der Waals surface area contributed by atoms with Crippen molar-refractivity contribution >= 4 is 45.8 Å². The van der Waals surface area contributed by atoms with Crippen LogP contribution in [0, 0.1) is 5.92 Å². The number of imidazole rings is 2. The van der Waals surface area contributed by atoms with Crippen LogP contribution in [-0.2, 0) is 30.4 Å². The lowest BCUT2D eigenvalue weighted by Crippen LogP contribution is -2.56. The third-order valence-electron chi connectivity index (χ3n) is 12.9. The molecule has 3 aliphatic heterocycles. The molecule has 0 radical (unpaired) electrons. The molecule has 16 heteroatoms. The molecule has 8 rings (SSSR count). The van der Waals surface area contributed by atoms with E-state index < -0.39 is 36.0 Å². The molecule has 2 saturated heterocycles. The Labute approximate surface area is 373 Å². The first-order valence-electron chi connectivity index (χ1n) is 22.2. The van der Waals surface area contributed by atoms with Gasteiger partial charge < -0.3 is 49.3 Å². The fraction of sp³-hybridized carbons (Fsp3) is 0.500. The molecule has 3 aliphatic rings. The van der Waals surface area contributed by atoms with Crippen molar-refractivity contribution in [1.29, 1.82) is 0 Å². The predicted molar refractivity (Wildman–Crippen MR) is 241 cm³/mol. The molecule has 4 amide bonds. The number of alkyl carbamates (subject to hydrolysis) is 2. The van der Waals surface area contributed by atoms with Gasteiger partial charge in [0.2, 0.25) is 11.8 Å². The van der Waals surface area contributed by atoms with Crippen molar-refractivity contribution in [3.05, 3.63) is 65.9 Å². The average molecular weight is 877 g/mol. The second-order valence-electron chi connectivity index (χ2n) is 18.8. The minimum absolute atomic E-state index is 0.0217. The standard InChI is InChI=1S/C48H60N8O8/c1-24(2)39(53-46(59)61-9)44(57)55-25(3)11-17-36(55)42-49-22-35(51-42)29-13-15-31-30(19-29)23-63-38-21-32-28(20-33(31)38)14-16-34-41(32)52-43(50-34)37-18-12-26(4)56(37)45(58)40(54-47(60)62-10)27(5)64-48(6,7)8/h13-16,19-22,24-27,36-37,39-40H,11-12,17-18,23H2,1-10H3,(H,49,51)(H,50,52)(H,53,59)(H,54,60)/t25-,26-,27?,36?,37-,39-,40-/m0/s1. The Bertz CT molecular complexity index is 2600. The third kappa shape index (κ3) is 8.47. The van der Waals surface area contributed by atoms with Crippen molar-refractivity contribution in [2.24, 2.45) is 5.92 Å². The number of hydrogen-bond acceptors (Lipinski definition) is 10. The summed E-state index contributed by atoms with van der Waals surface area (Å²) in [6, 6.07) is 12.2. The SMILES string of the molecule is COC(=O)N[C@H](C(=O)N1C(c2ncc(-c3ccc4c(c3)COc3cc5c(ccc6[nH]c([C@@H]7CC[C@H](C)N7C(=O)[C@@H](NC(=O)OC)C(C)OC(C)(C)C)nc65)cc3-4)[nH]2)CC[C@@H]1C)C(C)C. The summed E-state index contributed by atoms with van der Waals surface area (Å²) in [7, 11) is 2.57. The molecule has 5 heterocycles. The zero-order chi connectivity index (χ0) is 45.8. The molecule has 16 nitrogen and oxygen atoms in total. The number of fused-ring (bicyclic) bond motifs is 6. The maximum absolute atomic E-state index is 14.4. The van der Waals surface area contributed by atoms with E-state index in [1.54, 1.807) is 6.92 Å². The monoisotopic (exact) mass is 876 g/mol. The van der Waals surface area contributed by atoms with E-state index in [0.29, 0.717) is 24.7 Å². The van der Waals surface area contributed by atoms with Gasteiger partial charge in [-0.3, -0.25) is 9.59 Å². The van der Waals surface area contributed by atoms with Crippen LogP contribution >= 0.6 is 0 Å². The number of carbonyl (C=O) groups is 4. The van der Waals surface area contributed by atoms with Crippen LogP contribution in [-0.4, -0.2) is 104 Å². The minimum Gasteiger partial charge on any atom is -0.488 e. The molecular formula is C48H60N8O8. The number of nitrogens with one attached hydrogen (secondary N) is 4. The first kappa shape index (κ1) is 44.4. The molecule has 2 unspecified atom stereocenters. The van der Waals surface area contributed by atoms with Gasteiger partial charge in [-0.05, 0) is 119 Å². The van der Waals surface area contributed by atoms with Gasteiger partial charge in [0.05, 0.1) is 60.9 Å². The van der Waals surface area contributed by atoms with Crippen LogP contribution in [0.3, 0.4) is 0 Å². The van der Waals surface area contributed by atoms with E-state index in [-0.39, 0.29) is 41.9 Å². The number of H-pyrrole nitrogens is 2. The number of methoxy groups -OCH3 is 2. The van der Waals surface area contributed by atoms with E-state index in [4.69, 9.17) is 28.9 Å². The number of hydrogen-bond donors (Lipinski definition) is 4. The summed E-state index contributed by atoms with van der Waals surface area (Å²) in [6.07, 6.45) is 2.89. The van der Waals surface area contributed by atoms with E-state index in [9.17, 15) is 19.2 Å². The second-order valence-corrected chi connectivity index (χ2v) is 18.8. The maximum atomic E-state index is 14.4. The number of amides is 4. The summed E-state index contributed by atoms with van der Waals surface area (Å²) in [6.45, 7) is 15.7. The van der Waals surface area contributed by atoms with E-state index in [2.05, 4.69) is 57.0 Å². The summed E-state index contributed by atoms with van der Waals surface area (Å²) >= 11 is 0. The molecule has 3 aromatic carbocycles. The quantitative estimate of drug-likeness (QED) is 0.107. The van der Waals surface area contributed by atoms with Crippen LogP contribution in [0.15, 0.2) is 48.7 Å². The maximum Gasteiger partial charge on any atom is 0.407 e. The molecule has 0 bridgehead atoms. The Morgan fingerprint density at radius 1 is 0.797 bits per heavy atom. The fourth-order valence-electron chi connectivity index (χ4n) is 9.74. The zero-order valence-electron chi connectivity index (χ0n) is 38.3. The number of likely N-dealkylation sites (tertiary alicyclic amines) is 2. The molecule has 4 N–H and O–H groups in total. The highest BCUT2D eigenvalue weighted by atomic mass is 16.5. The van der Waals surface area contributed by atoms with Gasteiger partial charge in [0.1, 0.15) is 36.1 Å². The molecule has 2 aromatic heterocycles. The molecule has 7 atom stereocenters. The third-order valence-corrected chi connectivity index (χ3v) is 12.9. The molecule has 0 aliphatic carbocycles. The first-order valence-corrected chi connectivity index (χ1v) is 22.2. The van der Waals surface area contributed by atoms with Crippen LogP contribution in [0.5, 0.6) is 5.75 Å². The van der Waals surface area contributed by atoms with Crippen molar-refractivity contribution < 1.29 is 38.1 Å². The topological polar surface area (TPSA) is 193 Å². The average Bonchev–Trinajstić information content (AvgIpc) is 4.08. The number of benzene rings is 3. The van der Waals surface area contributed by atoms with Crippen molar-refractivity contribution in [1.82, 2.24) is 40.4 Å². The fourth-order valence-corrected chi connectivity index (χ4v) is 9.74. The normalized spacial score (nSPS) is 21.0. The highest BCUT2D eigenvalue weighted by Crippen LogP contribution is 2.44. The molecular weight excluding hydrogens is 817 g/mol. The van der Waals surface area contributed by atoms with Gasteiger partial charge in [-0.25, -0.2) is 19.6 Å². The van der Waals surface area contributed by atoms with E-state index in [1.165, 1.54) is 14.2 Å². The van der Waals surface area contributed by atoms with Gasteiger partial charge in [0.25, 0.3) is 0 Å². The number of aromatic amines is 2. The number of rotatable bonds is 10. The van der Waals surface area contributed by atoms with E-state index in [1.807, 2.05) is 70.5 Å². The number of aromatic nitrogens is 4. The number of nitrogens with zero attached hydrogens (tertiary/aromatic N) is 4. The summed E-state index contributed by atoms with van der Waals surface area (Å²) < 4.78 is 22.3. The number of ether oxygens (including phenoxy) is 4. The Kier molecular flexibility index (Phi) is 12.1. The summed E-state index contributed by atoms with van der Waals surface area (Å²) in [4.78, 5) is 73.4. The van der Waals surface area contributed by atoms with Gasteiger partial charge in [-0.2, -0.15) is 0 Å². The summed E-state index contributed by atoms with van der Waals surface area (Å²) in [5.74, 6) is 1.59. The van der Waals surface area contributed by atoms with Gasteiger partial charge in [-0.1, -0.05) is 32.0 Å². The smallest absolute Gasteiger partial charge is 0.407 e. The van der Waals surface area contributed by atoms with Crippen molar-refractivity contribution in [2.45, 2.75) is 136 Å². The van der Waals surface area contributed by atoms with Crippen LogP contribution in [0.1, 0.15) is 110 Å². The van der Waals surface area contributed by atoms with Gasteiger partial charge in [-0.15, -0.1) is 0 Å². The molecule has 0 spiro atoms. The van der Waals surface area contributed by atoms with Crippen LogP contribution in [0.4, 0.5) is 9.59 Å². The highest BCUT2D eigenvalue weighted by molar-refractivity contribution is 6.07. The predicted octanol–water partition coefficient (Wildman–Crippen LogP) is 8.08. The van der Waals surface area contributed by atoms with Crippen molar-refractivity contribution in [2.75, 3.05) is 14.2 Å². The van der Waals surface area contributed by atoms with Gasteiger partial charge in [0.15, 0.2) is 0 Å². The highest BCUT2D eigenvalue weighted by Gasteiger charge is 2.44. The molecule has 340 valence electrons. The molecule has 0 saturated carbocycles. The Hall–Kier alpha value is -6.16. The molecule has 2 fully saturated rings. The summed E-state index contributed by atoms with van der Waals surface area (Å²) in [5.41, 5.74) is 5.95. The Balaban J connectivity index is 1.04. The molecule has 5 aromatic rings. The lowest BCUT2D eigenvalue weighted by atomic mass is 9.92. The van der Waals surface area contributed by atoms with Gasteiger partial charge in [0, 0.05) is 23.0 Å². The van der Waals surface area contributed by atoms with E-state index >= 15 is 0 Å². The van der Waals surface area contributed by atoms with Crippen LogP contribution in [0.25, 0.3) is 44.2 Å². The zero-order valence-corrected chi connectivity index (χ0v) is 38.3. The largest absolute Gasteiger partial charge is 0.488 e. The van der Waals surface area contributed by atoms with Gasteiger partial charge >= 0.3 is 12.2 Å². The van der Waals surface area contributed by atoms with E-state index in [0.717, 1.165) is 74.8 Å². The molecule has 64 heavy (non-hydrogen) atoms. The van der Waals surface area contributed by atoms with Crippen LogP contribution < -0.4 is 15.4 Å². The Morgan fingerprint density at radius 3 is 2.08 bits per heavy atom. The van der Waals surface area contributed by atoms with Crippen LogP contribution in [0.2, 0.25) is 0 Å². The first-order chi connectivity index (χ1) is 30.5. The Morgan fingerprint density at radius 2 is 1.44 bits per heavy atom. The second kappa shape index (κ2) is 17.4. The van der Waals surface area contributed by atoms with Crippen molar-refractivity contribution in [3.63, 3.8) is 0 Å². The number of carbonyl (C=O) groups excluding carboxylic acids is 4. The lowest BCUT2D eigenvalue weighted by molar-refractivity contribution is -0.144. The van der Waals surface area contributed by atoms with Crippen molar-refractivity contribution in [3.8, 4) is 28.1 Å². The minimum atomic E-state index is -0.967. The lowest BCUT2D eigenvalue weighted by Gasteiger charge is -2.35. The summed E-state index contributed by atoms with van der Waals surface area (Å²) in [5, 5.41) is 7.39.